The minimum absolute atomic E-state index is 0.00201. The monoisotopic (exact) mass is 259 g/mol. The number of nitrogens with zero attached hydrogens (tertiary/aromatic N) is 1. The van der Waals surface area contributed by atoms with E-state index in [0.717, 1.165) is 19.4 Å². The smallest absolute Gasteiger partial charge is 0.310 e. The number of esters is 1. The number of carbonyl (C=O) groups excluding carboxylic acids is 1. The normalized spacial score (nSPS) is 30.3. The van der Waals surface area contributed by atoms with E-state index in [1.54, 1.807) is 0 Å². The summed E-state index contributed by atoms with van der Waals surface area (Å²) in [5.74, 6) is 0.0606. The Kier molecular flexibility index (Phi) is 3.56. The summed E-state index contributed by atoms with van der Waals surface area (Å²) in [6.07, 6.45) is 3.24. The van der Waals surface area contributed by atoms with E-state index in [-0.39, 0.29) is 11.9 Å². The van der Waals surface area contributed by atoms with E-state index in [9.17, 15) is 4.79 Å². The molecule has 2 fully saturated rings. The van der Waals surface area contributed by atoms with Gasteiger partial charge in [0.25, 0.3) is 0 Å². The fourth-order valence-electron chi connectivity index (χ4n) is 3.67. The van der Waals surface area contributed by atoms with E-state index in [0.29, 0.717) is 18.7 Å². The molecule has 0 spiro atoms. The molecule has 3 nitrogen and oxygen atoms in total. The van der Waals surface area contributed by atoms with E-state index in [4.69, 9.17) is 4.74 Å². The standard InChI is InChI=1S/C16H21NO2/c1-2-19-16(18)13-11-15(12-7-4-3-5-8-12)17-10-6-9-14(13)17/h3-5,7-8,13-15H,2,6,9-11H2,1H3/t13-,14+,15-/m1/s1. The highest BCUT2D eigenvalue weighted by atomic mass is 16.5. The van der Waals surface area contributed by atoms with Crippen LogP contribution in [0.25, 0.3) is 0 Å². The maximum atomic E-state index is 12.1. The molecular weight excluding hydrogens is 238 g/mol. The van der Waals surface area contributed by atoms with Crippen LogP contribution in [0.4, 0.5) is 0 Å². The highest BCUT2D eigenvalue weighted by molar-refractivity contribution is 5.74. The molecule has 0 bridgehead atoms. The van der Waals surface area contributed by atoms with Gasteiger partial charge in [0, 0.05) is 12.1 Å². The molecule has 1 aromatic carbocycles. The number of hydrogen-bond acceptors (Lipinski definition) is 3. The molecule has 2 heterocycles. The molecule has 0 amide bonds. The van der Waals surface area contributed by atoms with Gasteiger partial charge in [0.15, 0.2) is 0 Å². The van der Waals surface area contributed by atoms with Crippen molar-refractivity contribution in [1.82, 2.24) is 4.90 Å². The fourth-order valence-corrected chi connectivity index (χ4v) is 3.67. The van der Waals surface area contributed by atoms with Crippen molar-refractivity contribution >= 4 is 5.97 Å². The predicted octanol–water partition coefficient (Wildman–Crippen LogP) is 2.78. The van der Waals surface area contributed by atoms with Crippen molar-refractivity contribution in [3.05, 3.63) is 35.9 Å². The number of benzene rings is 1. The fraction of sp³-hybridized carbons (Fsp3) is 0.562. The molecule has 19 heavy (non-hydrogen) atoms. The van der Waals surface area contributed by atoms with Gasteiger partial charge in [0.1, 0.15) is 0 Å². The van der Waals surface area contributed by atoms with E-state index in [1.165, 1.54) is 12.0 Å². The Labute approximate surface area is 114 Å². The third kappa shape index (κ3) is 2.27. The molecule has 3 atom stereocenters. The topological polar surface area (TPSA) is 29.5 Å². The first-order valence-electron chi connectivity index (χ1n) is 7.28. The summed E-state index contributed by atoms with van der Waals surface area (Å²) in [6, 6.07) is 11.3. The van der Waals surface area contributed by atoms with Crippen LogP contribution in [0.5, 0.6) is 0 Å². The molecule has 1 aromatic rings. The second-order valence-electron chi connectivity index (χ2n) is 5.47. The number of carbonyl (C=O) groups is 1. The lowest BCUT2D eigenvalue weighted by atomic mass is 9.94. The van der Waals surface area contributed by atoms with Crippen molar-refractivity contribution in [3.8, 4) is 0 Å². The molecule has 102 valence electrons. The van der Waals surface area contributed by atoms with Crippen LogP contribution in [-0.4, -0.2) is 30.1 Å². The molecule has 2 aliphatic rings. The van der Waals surface area contributed by atoms with E-state index < -0.39 is 0 Å². The number of ether oxygens (including phenoxy) is 1. The van der Waals surface area contributed by atoms with Gasteiger partial charge in [-0.05, 0) is 38.3 Å². The van der Waals surface area contributed by atoms with Crippen LogP contribution < -0.4 is 0 Å². The zero-order valence-electron chi connectivity index (χ0n) is 11.4. The molecule has 0 aliphatic carbocycles. The van der Waals surface area contributed by atoms with Gasteiger partial charge in [-0.2, -0.15) is 0 Å². The first-order chi connectivity index (χ1) is 9.31. The first kappa shape index (κ1) is 12.7. The lowest BCUT2D eigenvalue weighted by Crippen LogP contribution is -2.31. The summed E-state index contributed by atoms with van der Waals surface area (Å²) in [4.78, 5) is 14.6. The Balaban J connectivity index is 1.82. The summed E-state index contributed by atoms with van der Waals surface area (Å²) in [5.41, 5.74) is 1.33. The van der Waals surface area contributed by atoms with Crippen LogP contribution in [0.3, 0.4) is 0 Å². The molecule has 0 saturated carbocycles. The van der Waals surface area contributed by atoms with Crippen LogP contribution in [0.1, 0.15) is 37.8 Å². The molecular formula is C16H21NO2. The molecule has 2 saturated heterocycles. The average Bonchev–Trinajstić information content (AvgIpc) is 3.01. The highest BCUT2D eigenvalue weighted by Gasteiger charge is 2.47. The minimum Gasteiger partial charge on any atom is -0.466 e. The zero-order chi connectivity index (χ0) is 13.2. The number of hydrogen-bond donors (Lipinski definition) is 0. The molecule has 2 aliphatic heterocycles. The van der Waals surface area contributed by atoms with Crippen molar-refractivity contribution in [3.63, 3.8) is 0 Å². The van der Waals surface area contributed by atoms with Crippen LogP contribution in [-0.2, 0) is 9.53 Å². The van der Waals surface area contributed by atoms with Crippen molar-refractivity contribution in [2.45, 2.75) is 38.3 Å². The molecule has 0 aromatic heterocycles. The molecule has 0 radical (unpaired) electrons. The highest BCUT2D eigenvalue weighted by Crippen LogP contribution is 2.45. The Morgan fingerprint density at radius 3 is 2.89 bits per heavy atom. The Morgan fingerprint density at radius 2 is 2.16 bits per heavy atom. The van der Waals surface area contributed by atoms with Gasteiger partial charge in [-0.1, -0.05) is 30.3 Å². The minimum atomic E-state index is -0.00201. The van der Waals surface area contributed by atoms with E-state index in [2.05, 4.69) is 29.2 Å². The first-order valence-corrected chi connectivity index (χ1v) is 7.28. The summed E-state index contributed by atoms with van der Waals surface area (Å²) < 4.78 is 5.25. The third-order valence-corrected chi connectivity index (χ3v) is 4.46. The largest absolute Gasteiger partial charge is 0.466 e. The predicted molar refractivity (Wildman–Crippen MR) is 73.7 cm³/mol. The van der Waals surface area contributed by atoms with Gasteiger partial charge >= 0.3 is 5.97 Å². The van der Waals surface area contributed by atoms with E-state index in [1.807, 2.05) is 13.0 Å². The summed E-state index contributed by atoms with van der Waals surface area (Å²) in [6.45, 7) is 3.48. The molecule has 0 N–H and O–H groups in total. The van der Waals surface area contributed by atoms with Crippen molar-refractivity contribution in [2.75, 3.05) is 13.2 Å². The zero-order valence-corrected chi connectivity index (χ0v) is 11.4. The van der Waals surface area contributed by atoms with Gasteiger partial charge in [-0.3, -0.25) is 9.69 Å². The lowest BCUT2D eigenvalue weighted by molar-refractivity contribution is -0.148. The van der Waals surface area contributed by atoms with Gasteiger partial charge in [0.2, 0.25) is 0 Å². The van der Waals surface area contributed by atoms with Crippen LogP contribution >= 0.6 is 0 Å². The van der Waals surface area contributed by atoms with Crippen molar-refractivity contribution < 1.29 is 9.53 Å². The van der Waals surface area contributed by atoms with Gasteiger partial charge < -0.3 is 4.74 Å². The second kappa shape index (κ2) is 5.33. The van der Waals surface area contributed by atoms with Crippen LogP contribution in [0.2, 0.25) is 0 Å². The molecule has 0 unspecified atom stereocenters. The van der Waals surface area contributed by atoms with E-state index >= 15 is 0 Å². The van der Waals surface area contributed by atoms with Gasteiger partial charge in [0.05, 0.1) is 12.5 Å². The lowest BCUT2D eigenvalue weighted by Gasteiger charge is -2.24. The second-order valence-corrected chi connectivity index (χ2v) is 5.47. The van der Waals surface area contributed by atoms with Crippen molar-refractivity contribution in [2.24, 2.45) is 5.92 Å². The summed E-state index contributed by atoms with van der Waals surface area (Å²) >= 11 is 0. The third-order valence-electron chi connectivity index (χ3n) is 4.46. The summed E-state index contributed by atoms with van der Waals surface area (Å²) in [5, 5.41) is 0. The maximum Gasteiger partial charge on any atom is 0.310 e. The number of fused-ring (bicyclic) bond motifs is 1. The molecule has 3 heteroatoms. The Morgan fingerprint density at radius 1 is 1.37 bits per heavy atom. The maximum absolute atomic E-state index is 12.1. The van der Waals surface area contributed by atoms with Gasteiger partial charge in [-0.25, -0.2) is 0 Å². The van der Waals surface area contributed by atoms with Crippen LogP contribution in [0, 0.1) is 5.92 Å². The van der Waals surface area contributed by atoms with Crippen LogP contribution in [0.15, 0.2) is 30.3 Å². The quantitative estimate of drug-likeness (QED) is 0.782. The average molecular weight is 259 g/mol. The molecule has 3 rings (SSSR count). The number of rotatable bonds is 3. The Bertz CT molecular complexity index is 445. The SMILES string of the molecule is CCOC(=O)[C@@H]1C[C@H](c2ccccc2)N2CCC[C@@H]12. The summed E-state index contributed by atoms with van der Waals surface area (Å²) in [7, 11) is 0. The Hall–Kier alpha value is -1.35. The van der Waals surface area contributed by atoms with Crippen molar-refractivity contribution in [1.29, 1.82) is 0 Å². The van der Waals surface area contributed by atoms with Gasteiger partial charge in [-0.15, -0.1) is 0 Å².